The average molecular weight is 313 g/mol. The molecule has 1 atom stereocenters. The number of aliphatic hydroxyl groups excluding tert-OH is 1. The Kier molecular flexibility index (Phi) is 4.53. The fourth-order valence-electron chi connectivity index (χ4n) is 1.64. The quantitative estimate of drug-likeness (QED) is 0.747. The molecule has 8 heteroatoms. The normalized spacial score (nSPS) is 12.2. The minimum Gasteiger partial charge on any atom is -0.378 e. The molecular weight excluding hydrogens is 300 g/mol. The smallest absolute Gasteiger partial charge is 0.253 e. The van der Waals surface area contributed by atoms with E-state index in [1.165, 1.54) is 0 Å². The van der Waals surface area contributed by atoms with Crippen LogP contribution in [0.4, 0.5) is 0 Å². The number of carbonyl (C=O) groups excluding carboxylic acids is 1. The zero-order valence-corrected chi connectivity index (χ0v) is 12.2. The van der Waals surface area contributed by atoms with Gasteiger partial charge in [0.2, 0.25) is 0 Å². The Bertz CT molecular complexity index is 682. The van der Waals surface area contributed by atoms with Crippen LogP contribution in [-0.2, 0) is 18.4 Å². The molecule has 0 spiro atoms. The standard InChI is InChI=1S/C12H13ClN4O2S/c1-17-9(15-16-12(17)20)6-14-11(19)10(18)7-4-2-3-5-8(7)13/h2-5,10,18H,6H2,1H3,(H,14,19)(H,16,20)/t10-/m1/s1. The summed E-state index contributed by atoms with van der Waals surface area (Å²) in [5.41, 5.74) is 0.363. The van der Waals surface area contributed by atoms with Gasteiger partial charge in [-0.25, -0.2) is 0 Å². The van der Waals surface area contributed by atoms with E-state index >= 15 is 0 Å². The van der Waals surface area contributed by atoms with Crippen LogP contribution in [0.1, 0.15) is 17.5 Å². The minimum atomic E-state index is -1.32. The molecule has 0 unspecified atom stereocenters. The highest BCUT2D eigenvalue weighted by Crippen LogP contribution is 2.22. The van der Waals surface area contributed by atoms with E-state index in [0.29, 0.717) is 21.2 Å². The first-order chi connectivity index (χ1) is 9.50. The first-order valence-electron chi connectivity index (χ1n) is 5.81. The third-order valence-electron chi connectivity index (χ3n) is 2.84. The van der Waals surface area contributed by atoms with Crippen LogP contribution < -0.4 is 5.32 Å². The number of H-pyrrole nitrogens is 1. The van der Waals surface area contributed by atoms with Crippen LogP contribution in [-0.4, -0.2) is 25.8 Å². The lowest BCUT2D eigenvalue weighted by molar-refractivity contribution is -0.129. The molecular formula is C12H13ClN4O2S. The molecule has 0 bridgehead atoms. The maximum atomic E-state index is 11.9. The Morgan fingerprint density at radius 3 is 2.90 bits per heavy atom. The van der Waals surface area contributed by atoms with Crippen LogP contribution in [0.15, 0.2) is 24.3 Å². The number of amides is 1. The molecule has 0 aliphatic carbocycles. The van der Waals surface area contributed by atoms with Crippen molar-refractivity contribution < 1.29 is 9.90 Å². The number of aromatic amines is 1. The van der Waals surface area contributed by atoms with Crippen molar-refractivity contribution in [2.45, 2.75) is 12.6 Å². The van der Waals surface area contributed by atoms with Gasteiger partial charge in [-0.05, 0) is 18.3 Å². The number of aromatic nitrogens is 3. The van der Waals surface area contributed by atoms with Gasteiger partial charge in [-0.2, -0.15) is 5.10 Å². The molecule has 1 aromatic heterocycles. The van der Waals surface area contributed by atoms with Crippen molar-refractivity contribution >= 4 is 29.7 Å². The minimum absolute atomic E-state index is 0.157. The molecule has 0 aliphatic heterocycles. The van der Waals surface area contributed by atoms with E-state index in [0.717, 1.165) is 0 Å². The Morgan fingerprint density at radius 1 is 1.60 bits per heavy atom. The zero-order chi connectivity index (χ0) is 14.7. The lowest BCUT2D eigenvalue weighted by atomic mass is 10.1. The van der Waals surface area contributed by atoms with Gasteiger partial charge in [0.25, 0.3) is 5.91 Å². The number of rotatable bonds is 4. The van der Waals surface area contributed by atoms with Gasteiger partial charge in [0.15, 0.2) is 16.7 Å². The molecule has 0 radical (unpaired) electrons. The summed E-state index contributed by atoms with van der Waals surface area (Å²) in [5, 5.41) is 19.5. The van der Waals surface area contributed by atoms with E-state index in [1.807, 2.05) is 0 Å². The molecule has 1 aromatic carbocycles. The third kappa shape index (κ3) is 3.06. The summed E-state index contributed by atoms with van der Waals surface area (Å²) in [6.45, 7) is 0.157. The Labute approximate surface area is 125 Å². The Morgan fingerprint density at radius 2 is 2.30 bits per heavy atom. The van der Waals surface area contributed by atoms with E-state index in [4.69, 9.17) is 23.8 Å². The molecule has 0 aliphatic rings. The van der Waals surface area contributed by atoms with Crippen LogP contribution in [0.3, 0.4) is 0 Å². The number of hydrogen-bond donors (Lipinski definition) is 3. The predicted octanol–water partition coefficient (Wildman–Crippen LogP) is 1.48. The summed E-state index contributed by atoms with van der Waals surface area (Å²) in [5.74, 6) is 0.0155. The summed E-state index contributed by atoms with van der Waals surface area (Å²) in [7, 11) is 1.73. The van der Waals surface area contributed by atoms with E-state index in [1.54, 1.807) is 35.9 Å². The monoisotopic (exact) mass is 312 g/mol. The van der Waals surface area contributed by atoms with Crippen LogP contribution in [0, 0.1) is 4.77 Å². The summed E-state index contributed by atoms with van der Waals surface area (Å²) in [6, 6.07) is 6.65. The van der Waals surface area contributed by atoms with Gasteiger partial charge < -0.3 is 15.0 Å². The van der Waals surface area contributed by atoms with E-state index < -0.39 is 12.0 Å². The lowest BCUT2D eigenvalue weighted by Gasteiger charge is -2.12. The van der Waals surface area contributed by atoms with Gasteiger partial charge >= 0.3 is 0 Å². The molecule has 0 saturated carbocycles. The maximum Gasteiger partial charge on any atom is 0.253 e. The second kappa shape index (κ2) is 6.17. The van der Waals surface area contributed by atoms with E-state index in [-0.39, 0.29) is 6.54 Å². The molecule has 1 heterocycles. The Hall–Kier alpha value is -1.70. The molecule has 0 fully saturated rings. The molecule has 106 valence electrons. The molecule has 2 aromatic rings. The van der Waals surface area contributed by atoms with Crippen molar-refractivity contribution in [3.8, 4) is 0 Å². The maximum absolute atomic E-state index is 11.9. The van der Waals surface area contributed by atoms with Gasteiger partial charge in [0.1, 0.15) is 0 Å². The van der Waals surface area contributed by atoms with Gasteiger partial charge in [0.05, 0.1) is 6.54 Å². The fourth-order valence-corrected chi connectivity index (χ4v) is 2.03. The van der Waals surface area contributed by atoms with Gasteiger partial charge in [-0.3, -0.25) is 9.89 Å². The van der Waals surface area contributed by atoms with Gasteiger partial charge in [-0.1, -0.05) is 29.8 Å². The number of aliphatic hydroxyl groups is 1. The van der Waals surface area contributed by atoms with E-state index in [9.17, 15) is 9.90 Å². The fraction of sp³-hybridized carbons (Fsp3) is 0.250. The second-order valence-corrected chi connectivity index (χ2v) is 4.94. The highest BCUT2D eigenvalue weighted by molar-refractivity contribution is 7.71. The lowest BCUT2D eigenvalue weighted by Crippen LogP contribution is -2.30. The van der Waals surface area contributed by atoms with E-state index in [2.05, 4.69) is 15.5 Å². The second-order valence-electron chi connectivity index (χ2n) is 4.15. The summed E-state index contributed by atoms with van der Waals surface area (Å²) >= 11 is 10.9. The van der Waals surface area contributed by atoms with Crippen molar-refractivity contribution in [2.75, 3.05) is 0 Å². The number of nitrogens with zero attached hydrogens (tertiary/aromatic N) is 2. The van der Waals surface area contributed by atoms with Crippen molar-refractivity contribution in [1.82, 2.24) is 20.1 Å². The predicted molar refractivity (Wildman–Crippen MR) is 76.7 cm³/mol. The highest BCUT2D eigenvalue weighted by Gasteiger charge is 2.19. The largest absolute Gasteiger partial charge is 0.378 e. The SMILES string of the molecule is Cn1c(CNC(=O)[C@H](O)c2ccccc2Cl)n[nH]c1=S. The summed E-state index contributed by atoms with van der Waals surface area (Å²) in [6.07, 6.45) is -1.32. The summed E-state index contributed by atoms with van der Waals surface area (Å²) < 4.78 is 2.10. The van der Waals surface area contributed by atoms with Gasteiger partial charge in [0, 0.05) is 17.6 Å². The Balaban J connectivity index is 2.04. The third-order valence-corrected chi connectivity index (χ3v) is 3.55. The van der Waals surface area contributed by atoms with Crippen LogP contribution in [0.25, 0.3) is 0 Å². The molecule has 20 heavy (non-hydrogen) atoms. The van der Waals surface area contributed by atoms with Crippen molar-refractivity contribution in [1.29, 1.82) is 0 Å². The first-order valence-corrected chi connectivity index (χ1v) is 6.60. The number of carbonyl (C=O) groups is 1. The number of nitrogens with one attached hydrogen (secondary N) is 2. The van der Waals surface area contributed by atoms with Gasteiger partial charge in [-0.15, -0.1) is 0 Å². The summed E-state index contributed by atoms with van der Waals surface area (Å²) in [4.78, 5) is 11.9. The van der Waals surface area contributed by atoms with Crippen LogP contribution >= 0.6 is 23.8 Å². The average Bonchev–Trinajstić information content (AvgIpc) is 2.76. The van der Waals surface area contributed by atoms with Crippen molar-refractivity contribution in [3.05, 3.63) is 45.4 Å². The van der Waals surface area contributed by atoms with Crippen LogP contribution in [0.5, 0.6) is 0 Å². The van der Waals surface area contributed by atoms with Crippen LogP contribution in [0.2, 0.25) is 5.02 Å². The molecule has 6 nitrogen and oxygen atoms in total. The number of benzene rings is 1. The number of hydrogen-bond acceptors (Lipinski definition) is 4. The molecule has 1 amide bonds. The first kappa shape index (κ1) is 14.7. The van der Waals surface area contributed by atoms with Crippen molar-refractivity contribution in [3.63, 3.8) is 0 Å². The van der Waals surface area contributed by atoms with Crippen molar-refractivity contribution in [2.24, 2.45) is 7.05 Å². The molecule has 2 rings (SSSR count). The highest BCUT2D eigenvalue weighted by atomic mass is 35.5. The molecule has 3 N–H and O–H groups in total. The topological polar surface area (TPSA) is 82.9 Å². The molecule has 0 saturated heterocycles. The zero-order valence-electron chi connectivity index (χ0n) is 10.6. The number of halogens is 1.